The maximum Gasteiger partial charge on any atom is 0.0107 e. The third-order valence-electron chi connectivity index (χ3n) is 3.99. The van der Waals surface area contributed by atoms with E-state index in [2.05, 4.69) is 29.2 Å². The van der Waals surface area contributed by atoms with E-state index in [4.69, 9.17) is 0 Å². The van der Waals surface area contributed by atoms with Gasteiger partial charge in [0.2, 0.25) is 0 Å². The molecule has 18 heavy (non-hydrogen) atoms. The standard InChI is InChI=1S/C15H31N3/c1-17(2)10-3-8-16-9-11-18(12-14-4-5-14)13-15-6-7-15/h14-16H,3-13H2,1-2H3. The molecule has 0 aromatic heterocycles. The summed E-state index contributed by atoms with van der Waals surface area (Å²) >= 11 is 0. The Bertz CT molecular complexity index is 208. The first-order valence-electron chi connectivity index (χ1n) is 7.82. The third kappa shape index (κ3) is 6.72. The van der Waals surface area contributed by atoms with E-state index in [-0.39, 0.29) is 0 Å². The average molecular weight is 253 g/mol. The maximum absolute atomic E-state index is 3.59. The van der Waals surface area contributed by atoms with Crippen LogP contribution >= 0.6 is 0 Å². The van der Waals surface area contributed by atoms with Crippen molar-refractivity contribution in [3.05, 3.63) is 0 Å². The van der Waals surface area contributed by atoms with Gasteiger partial charge in [-0.05, 0) is 71.1 Å². The molecule has 1 N–H and O–H groups in total. The molecule has 2 saturated carbocycles. The molecule has 106 valence electrons. The summed E-state index contributed by atoms with van der Waals surface area (Å²) in [5.41, 5.74) is 0. The maximum atomic E-state index is 3.59. The lowest BCUT2D eigenvalue weighted by atomic mass is 10.3. The Hall–Kier alpha value is -0.120. The zero-order valence-corrected chi connectivity index (χ0v) is 12.3. The molecule has 3 heteroatoms. The van der Waals surface area contributed by atoms with E-state index >= 15 is 0 Å². The highest BCUT2D eigenvalue weighted by Crippen LogP contribution is 2.33. The molecule has 2 rings (SSSR count). The van der Waals surface area contributed by atoms with Crippen LogP contribution in [-0.2, 0) is 0 Å². The molecule has 2 aliphatic rings. The van der Waals surface area contributed by atoms with Crippen LogP contribution in [-0.4, -0.2) is 63.2 Å². The Morgan fingerprint density at radius 1 is 0.889 bits per heavy atom. The first kappa shape index (κ1) is 14.3. The van der Waals surface area contributed by atoms with E-state index in [0.717, 1.165) is 11.8 Å². The molecule has 0 saturated heterocycles. The van der Waals surface area contributed by atoms with E-state index in [1.165, 1.54) is 71.4 Å². The largest absolute Gasteiger partial charge is 0.315 e. The highest BCUT2D eigenvalue weighted by molar-refractivity contribution is 4.82. The van der Waals surface area contributed by atoms with Gasteiger partial charge in [0.05, 0.1) is 0 Å². The lowest BCUT2D eigenvalue weighted by Crippen LogP contribution is -2.35. The smallest absolute Gasteiger partial charge is 0.0107 e. The molecule has 0 radical (unpaired) electrons. The normalized spacial score (nSPS) is 20.0. The van der Waals surface area contributed by atoms with Crippen molar-refractivity contribution in [2.24, 2.45) is 11.8 Å². The Morgan fingerprint density at radius 3 is 2.00 bits per heavy atom. The number of nitrogens with one attached hydrogen (secondary N) is 1. The molecule has 0 heterocycles. The SMILES string of the molecule is CN(C)CCCNCCN(CC1CC1)CC1CC1. The van der Waals surface area contributed by atoms with Gasteiger partial charge in [-0.3, -0.25) is 0 Å². The Balaban J connectivity index is 1.48. The number of rotatable bonds is 11. The molecule has 0 aromatic rings. The van der Waals surface area contributed by atoms with Crippen molar-refractivity contribution in [3.8, 4) is 0 Å². The lowest BCUT2D eigenvalue weighted by molar-refractivity contribution is 0.252. The first-order chi connectivity index (χ1) is 8.74. The minimum Gasteiger partial charge on any atom is -0.315 e. The quantitative estimate of drug-likeness (QED) is 0.565. The molecule has 0 amide bonds. The van der Waals surface area contributed by atoms with Gasteiger partial charge in [-0.15, -0.1) is 0 Å². The second kappa shape index (κ2) is 7.46. The molecule has 0 aromatic carbocycles. The molecule has 2 aliphatic carbocycles. The van der Waals surface area contributed by atoms with Gasteiger partial charge in [-0.1, -0.05) is 0 Å². The summed E-state index contributed by atoms with van der Waals surface area (Å²) in [5, 5.41) is 3.59. The molecule has 2 fully saturated rings. The van der Waals surface area contributed by atoms with Crippen molar-refractivity contribution in [1.82, 2.24) is 15.1 Å². The van der Waals surface area contributed by atoms with Crippen LogP contribution in [0.25, 0.3) is 0 Å². The van der Waals surface area contributed by atoms with E-state index in [1.807, 2.05) is 0 Å². The van der Waals surface area contributed by atoms with Crippen LogP contribution in [0.5, 0.6) is 0 Å². The first-order valence-corrected chi connectivity index (χ1v) is 7.82. The van der Waals surface area contributed by atoms with Crippen molar-refractivity contribution in [3.63, 3.8) is 0 Å². The fourth-order valence-electron chi connectivity index (χ4n) is 2.47. The van der Waals surface area contributed by atoms with Crippen LogP contribution < -0.4 is 5.32 Å². The summed E-state index contributed by atoms with van der Waals surface area (Å²) in [7, 11) is 4.29. The second-order valence-electron chi connectivity index (χ2n) is 6.55. The van der Waals surface area contributed by atoms with Gasteiger partial charge in [0.15, 0.2) is 0 Å². The van der Waals surface area contributed by atoms with Crippen molar-refractivity contribution >= 4 is 0 Å². The second-order valence-corrected chi connectivity index (χ2v) is 6.55. The predicted octanol–water partition coefficient (Wildman–Crippen LogP) is 1.65. The number of hydrogen-bond acceptors (Lipinski definition) is 3. The number of nitrogens with zero attached hydrogens (tertiary/aromatic N) is 2. The summed E-state index contributed by atoms with van der Waals surface area (Å²) in [6, 6.07) is 0. The molecule has 3 nitrogen and oxygen atoms in total. The molecule has 0 bridgehead atoms. The zero-order valence-electron chi connectivity index (χ0n) is 12.3. The van der Waals surface area contributed by atoms with Crippen LogP contribution in [0.4, 0.5) is 0 Å². The zero-order chi connectivity index (χ0) is 12.8. The van der Waals surface area contributed by atoms with Gasteiger partial charge in [-0.2, -0.15) is 0 Å². The van der Waals surface area contributed by atoms with E-state index in [0.29, 0.717) is 0 Å². The highest BCUT2D eigenvalue weighted by Gasteiger charge is 2.28. The van der Waals surface area contributed by atoms with Gasteiger partial charge in [-0.25, -0.2) is 0 Å². The van der Waals surface area contributed by atoms with Crippen molar-refractivity contribution in [1.29, 1.82) is 0 Å². The Labute approximate surface area is 113 Å². The van der Waals surface area contributed by atoms with Gasteiger partial charge in [0.25, 0.3) is 0 Å². The summed E-state index contributed by atoms with van der Waals surface area (Å²) in [6.45, 7) is 7.54. The number of hydrogen-bond donors (Lipinski definition) is 1. The average Bonchev–Trinajstić information content (AvgIpc) is 3.18. The van der Waals surface area contributed by atoms with E-state index in [1.54, 1.807) is 0 Å². The van der Waals surface area contributed by atoms with Gasteiger partial charge >= 0.3 is 0 Å². The Morgan fingerprint density at radius 2 is 1.50 bits per heavy atom. The van der Waals surface area contributed by atoms with Crippen LogP contribution in [0.2, 0.25) is 0 Å². The molecular formula is C15H31N3. The van der Waals surface area contributed by atoms with Crippen LogP contribution in [0.1, 0.15) is 32.1 Å². The molecular weight excluding hydrogens is 222 g/mol. The van der Waals surface area contributed by atoms with Crippen molar-refractivity contribution in [2.75, 3.05) is 53.4 Å². The molecule has 0 unspecified atom stereocenters. The van der Waals surface area contributed by atoms with Crippen LogP contribution in [0.15, 0.2) is 0 Å². The Kier molecular flexibility index (Phi) is 5.93. The highest BCUT2D eigenvalue weighted by atomic mass is 15.1. The van der Waals surface area contributed by atoms with Crippen LogP contribution in [0, 0.1) is 11.8 Å². The summed E-state index contributed by atoms with van der Waals surface area (Å²) < 4.78 is 0. The minimum absolute atomic E-state index is 1.04. The summed E-state index contributed by atoms with van der Waals surface area (Å²) in [6.07, 6.45) is 7.20. The minimum atomic E-state index is 1.04. The van der Waals surface area contributed by atoms with Gasteiger partial charge in [0.1, 0.15) is 0 Å². The topological polar surface area (TPSA) is 18.5 Å². The molecule has 0 aliphatic heterocycles. The fraction of sp³-hybridized carbons (Fsp3) is 1.00. The monoisotopic (exact) mass is 253 g/mol. The van der Waals surface area contributed by atoms with E-state index < -0.39 is 0 Å². The third-order valence-corrected chi connectivity index (χ3v) is 3.99. The molecule has 0 spiro atoms. The lowest BCUT2D eigenvalue weighted by Gasteiger charge is -2.22. The van der Waals surface area contributed by atoms with Crippen LogP contribution in [0.3, 0.4) is 0 Å². The predicted molar refractivity (Wildman–Crippen MR) is 77.9 cm³/mol. The van der Waals surface area contributed by atoms with Crippen molar-refractivity contribution < 1.29 is 0 Å². The molecule has 0 atom stereocenters. The fourth-order valence-corrected chi connectivity index (χ4v) is 2.47. The van der Waals surface area contributed by atoms with Crippen molar-refractivity contribution in [2.45, 2.75) is 32.1 Å². The van der Waals surface area contributed by atoms with E-state index in [9.17, 15) is 0 Å². The van der Waals surface area contributed by atoms with Gasteiger partial charge < -0.3 is 15.1 Å². The van der Waals surface area contributed by atoms with Gasteiger partial charge in [0, 0.05) is 26.2 Å². The summed E-state index contributed by atoms with van der Waals surface area (Å²) in [5.74, 6) is 2.08. The summed E-state index contributed by atoms with van der Waals surface area (Å²) in [4.78, 5) is 4.97.